The Morgan fingerprint density at radius 2 is 1.85 bits per heavy atom. The Kier molecular flexibility index (Phi) is 7.02. The van der Waals surface area contributed by atoms with E-state index in [9.17, 15) is 18.3 Å². The summed E-state index contributed by atoms with van der Waals surface area (Å²) in [5.41, 5.74) is 1.05. The molecule has 0 saturated carbocycles. The highest BCUT2D eigenvalue weighted by Gasteiger charge is 2.19. The van der Waals surface area contributed by atoms with Gasteiger partial charge in [-0.3, -0.25) is 4.79 Å². The lowest BCUT2D eigenvalue weighted by atomic mass is 10.2. The fourth-order valence-corrected chi connectivity index (χ4v) is 3.93. The average molecular weight is 398 g/mol. The second kappa shape index (κ2) is 9.02. The first-order valence-corrected chi connectivity index (χ1v) is 10.1. The fourth-order valence-electron chi connectivity index (χ4n) is 2.31. The molecular formula is C18H20ClNO5S. The molecule has 0 aromatic heterocycles. The van der Waals surface area contributed by atoms with E-state index >= 15 is 0 Å². The van der Waals surface area contributed by atoms with E-state index in [1.54, 1.807) is 48.5 Å². The van der Waals surface area contributed by atoms with E-state index < -0.39 is 21.7 Å². The molecule has 0 spiro atoms. The predicted octanol–water partition coefficient (Wildman–Crippen LogP) is 2.65. The predicted molar refractivity (Wildman–Crippen MR) is 101 cm³/mol. The number of sulfone groups is 1. The number of nitrogens with one attached hydrogen (secondary N) is 1. The lowest BCUT2D eigenvalue weighted by Crippen LogP contribution is -2.28. The van der Waals surface area contributed by atoms with E-state index in [-0.39, 0.29) is 18.3 Å². The molecule has 0 heterocycles. The number of carbonyl (C=O) groups excluding carboxylic acids is 1. The Labute approximate surface area is 157 Å². The van der Waals surface area contributed by atoms with Crippen molar-refractivity contribution in [2.45, 2.75) is 18.8 Å². The molecule has 26 heavy (non-hydrogen) atoms. The van der Waals surface area contributed by atoms with Crippen LogP contribution in [0.2, 0.25) is 5.02 Å². The molecule has 2 aromatic carbocycles. The van der Waals surface area contributed by atoms with Gasteiger partial charge in [-0.2, -0.15) is 0 Å². The van der Waals surface area contributed by atoms with Crippen molar-refractivity contribution in [3.63, 3.8) is 0 Å². The van der Waals surface area contributed by atoms with Gasteiger partial charge in [0.1, 0.15) is 18.5 Å². The number of anilines is 1. The van der Waals surface area contributed by atoms with E-state index in [0.29, 0.717) is 22.0 Å². The molecule has 0 aliphatic carbocycles. The van der Waals surface area contributed by atoms with Gasteiger partial charge in [-0.25, -0.2) is 8.42 Å². The summed E-state index contributed by atoms with van der Waals surface area (Å²) in [4.78, 5) is 11.2. The smallest absolute Gasteiger partial charge is 0.221 e. The quantitative estimate of drug-likeness (QED) is 0.714. The van der Waals surface area contributed by atoms with Gasteiger partial charge in [-0.1, -0.05) is 35.9 Å². The maximum Gasteiger partial charge on any atom is 0.221 e. The van der Waals surface area contributed by atoms with E-state index in [1.165, 1.54) is 6.92 Å². The lowest BCUT2D eigenvalue weighted by molar-refractivity contribution is -0.114. The van der Waals surface area contributed by atoms with Crippen molar-refractivity contribution >= 4 is 33.0 Å². The average Bonchev–Trinajstić information content (AvgIpc) is 2.55. The molecule has 0 saturated heterocycles. The summed E-state index contributed by atoms with van der Waals surface area (Å²) in [7, 11) is -3.52. The normalized spacial score (nSPS) is 12.4. The van der Waals surface area contributed by atoms with Crippen LogP contribution in [0.1, 0.15) is 12.5 Å². The van der Waals surface area contributed by atoms with Gasteiger partial charge in [0, 0.05) is 11.9 Å². The zero-order chi connectivity index (χ0) is 19.2. The Bertz CT molecular complexity index is 852. The SMILES string of the molecule is CC(=O)Nc1ccccc1OC[C@@H](O)CS(=O)(=O)Cc1ccc(Cl)cc1. The maximum absolute atomic E-state index is 12.2. The highest BCUT2D eigenvalue weighted by atomic mass is 35.5. The number of aliphatic hydroxyl groups is 1. The number of benzene rings is 2. The number of amides is 1. The van der Waals surface area contributed by atoms with Crippen LogP contribution in [0.3, 0.4) is 0 Å². The number of rotatable bonds is 8. The Morgan fingerprint density at radius 3 is 2.50 bits per heavy atom. The van der Waals surface area contributed by atoms with Crippen molar-refractivity contribution in [2.24, 2.45) is 0 Å². The molecule has 0 aliphatic rings. The molecule has 1 amide bonds. The molecule has 0 bridgehead atoms. The van der Waals surface area contributed by atoms with Gasteiger partial charge in [0.25, 0.3) is 0 Å². The molecule has 8 heteroatoms. The third-order valence-electron chi connectivity index (χ3n) is 3.38. The molecule has 2 aromatic rings. The monoisotopic (exact) mass is 397 g/mol. The Morgan fingerprint density at radius 1 is 1.19 bits per heavy atom. The standard InChI is InChI=1S/C18H20ClNO5S/c1-13(21)20-17-4-2-3-5-18(17)25-10-16(22)12-26(23,24)11-14-6-8-15(19)9-7-14/h2-9,16,22H,10-12H2,1H3,(H,20,21)/t16-/m1/s1. The van der Waals surface area contributed by atoms with Gasteiger partial charge >= 0.3 is 0 Å². The van der Waals surface area contributed by atoms with Gasteiger partial charge in [-0.05, 0) is 29.8 Å². The first kappa shape index (κ1) is 20.2. The van der Waals surface area contributed by atoms with Gasteiger partial charge in [-0.15, -0.1) is 0 Å². The van der Waals surface area contributed by atoms with Crippen molar-refractivity contribution in [1.29, 1.82) is 0 Å². The summed E-state index contributed by atoms with van der Waals surface area (Å²) in [6.07, 6.45) is -1.20. The number of carbonyl (C=O) groups is 1. The van der Waals surface area contributed by atoms with Crippen LogP contribution in [-0.2, 0) is 20.4 Å². The van der Waals surface area contributed by atoms with Crippen LogP contribution < -0.4 is 10.1 Å². The minimum absolute atomic E-state index is 0.191. The second-order valence-corrected chi connectivity index (χ2v) is 8.37. The number of hydrogen-bond acceptors (Lipinski definition) is 5. The van der Waals surface area contributed by atoms with Crippen LogP contribution in [0.5, 0.6) is 5.75 Å². The molecule has 0 aliphatic heterocycles. The third-order valence-corrected chi connectivity index (χ3v) is 5.29. The minimum atomic E-state index is -3.52. The summed E-state index contributed by atoms with van der Waals surface area (Å²) in [6, 6.07) is 13.2. The summed E-state index contributed by atoms with van der Waals surface area (Å²) in [5, 5.41) is 13.2. The van der Waals surface area contributed by atoms with Crippen LogP contribution in [0.25, 0.3) is 0 Å². The van der Waals surface area contributed by atoms with Crippen LogP contribution in [-0.4, -0.2) is 37.9 Å². The first-order chi connectivity index (χ1) is 12.2. The molecular weight excluding hydrogens is 378 g/mol. The second-order valence-electron chi connectivity index (χ2n) is 5.82. The molecule has 6 nitrogen and oxygen atoms in total. The zero-order valence-electron chi connectivity index (χ0n) is 14.2. The fraction of sp³-hybridized carbons (Fsp3) is 0.278. The van der Waals surface area contributed by atoms with Gasteiger partial charge in [0.05, 0.1) is 17.2 Å². The Balaban J connectivity index is 1.93. The van der Waals surface area contributed by atoms with Crippen LogP contribution in [0.15, 0.2) is 48.5 Å². The van der Waals surface area contributed by atoms with E-state index in [4.69, 9.17) is 16.3 Å². The highest BCUT2D eigenvalue weighted by molar-refractivity contribution is 7.90. The number of halogens is 1. The third kappa shape index (κ3) is 6.67. The number of para-hydroxylation sites is 2. The molecule has 0 radical (unpaired) electrons. The van der Waals surface area contributed by atoms with Crippen molar-refractivity contribution in [3.8, 4) is 5.75 Å². The van der Waals surface area contributed by atoms with Crippen molar-refractivity contribution < 1.29 is 23.1 Å². The molecule has 0 fully saturated rings. The summed E-state index contributed by atoms with van der Waals surface area (Å²) in [6.45, 7) is 1.16. The lowest BCUT2D eigenvalue weighted by Gasteiger charge is -2.15. The van der Waals surface area contributed by atoms with E-state index in [0.717, 1.165) is 0 Å². The van der Waals surface area contributed by atoms with Gasteiger partial charge in [0.15, 0.2) is 9.84 Å². The van der Waals surface area contributed by atoms with Crippen LogP contribution >= 0.6 is 11.6 Å². The zero-order valence-corrected chi connectivity index (χ0v) is 15.8. The summed E-state index contributed by atoms with van der Waals surface area (Å²) < 4.78 is 29.9. The Hall–Kier alpha value is -2.09. The number of hydrogen-bond donors (Lipinski definition) is 2. The first-order valence-electron chi connectivity index (χ1n) is 7.87. The number of aliphatic hydroxyl groups excluding tert-OH is 1. The molecule has 1 atom stereocenters. The number of ether oxygens (including phenoxy) is 1. The van der Waals surface area contributed by atoms with E-state index in [1.807, 2.05) is 0 Å². The maximum atomic E-state index is 12.2. The van der Waals surface area contributed by atoms with Crippen LogP contribution in [0.4, 0.5) is 5.69 Å². The molecule has 2 N–H and O–H groups in total. The minimum Gasteiger partial charge on any atom is -0.489 e. The molecule has 140 valence electrons. The van der Waals surface area contributed by atoms with Crippen molar-refractivity contribution in [2.75, 3.05) is 17.7 Å². The summed E-state index contributed by atoms with van der Waals surface area (Å²) in [5.74, 6) is -0.522. The van der Waals surface area contributed by atoms with Crippen molar-refractivity contribution in [3.05, 3.63) is 59.1 Å². The van der Waals surface area contributed by atoms with E-state index in [2.05, 4.69) is 5.32 Å². The van der Waals surface area contributed by atoms with Gasteiger partial charge in [0.2, 0.25) is 5.91 Å². The molecule has 2 rings (SSSR count). The molecule has 0 unspecified atom stereocenters. The summed E-state index contributed by atoms with van der Waals surface area (Å²) >= 11 is 5.78. The highest BCUT2D eigenvalue weighted by Crippen LogP contribution is 2.24. The van der Waals surface area contributed by atoms with Gasteiger partial charge < -0.3 is 15.2 Å². The topological polar surface area (TPSA) is 92.7 Å². The van der Waals surface area contributed by atoms with Crippen LogP contribution in [0, 0.1) is 0 Å². The van der Waals surface area contributed by atoms with Crippen molar-refractivity contribution in [1.82, 2.24) is 0 Å². The largest absolute Gasteiger partial charge is 0.489 e.